The van der Waals surface area contributed by atoms with E-state index in [2.05, 4.69) is 50.3 Å². The molecular formula is C47H91NO7P+. The van der Waals surface area contributed by atoms with Crippen molar-refractivity contribution in [3.05, 3.63) is 36.5 Å². The van der Waals surface area contributed by atoms with E-state index in [1.54, 1.807) is 0 Å². The molecule has 0 rings (SSSR count). The highest BCUT2D eigenvalue weighted by molar-refractivity contribution is 7.47. The van der Waals surface area contributed by atoms with Gasteiger partial charge in [-0.25, -0.2) is 4.57 Å². The maximum absolute atomic E-state index is 12.7. The third-order valence-electron chi connectivity index (χ3n) is 9.95. The molecule has 330 valence electrons. The number of phosphoric acid groups is 1. The monoisotopic (exact) mass is 813 g/mol. The molecule has 0 aromatic carbocycles. The van der Waals surface area contributed by atoms with Crippen LogP contribution in [0.15, 0.2) is 36.5 Å². The lowest BCUT2D eigenvalue weighted by Crippen LogP contribution is -2.37. The third kappa shape index (κ3) is 43.8. The lowest BCUT2D eigenvalue weighted by atomic mass is 10.0. The van der Waals surface area contributed by atoms with E-state index in [4.69, 9.17) is 18.5 Å². The number of carbonyl (C=O) groups excluding carboxylic acids is 1. The van der Waals surface area contributed by atoms with Crippen molar-refractivity contribution in [3.8, 4) is 0 Å². The van der Waals surface area contributed by atoms with Crippen LogP contribution in [0.25, 0.3) is 0 Å². The van der Waals surface area contributed by atoms with Crippen LogP contribution >= 0.6 is 7.82 Å². The minimum absolute atomic E-state index is 0.0873. The summed E-state index contributed by atoms with van der Waals surface area (Å²) < 4.78 is 35.0. The quantitative estimate of drug-likeness (QED) is 0.0215. The van der Waals surface area contributed by atoms with Gasteiger partial charge in [0.25, 0.3) is 0 Å². The summed E-state index contributed by atoms with van der Waals surface area (Å²) in [6, 6.07) is 0. The maximum Gasteiger partial charge on any atom is 0.472 e. The van der Waals surface area contributed by atoms with Gasteiger partial charge in [-0.2, -0.15) is 0 Å². The summed E-state index contributed by atoms with van der Waals surface area (Å²) in [5.41, 5.74) is 0. The van der Waals surface area contributed by atoms with E-state index in [9.17, 15) is 14.3 Å². The van der Waals surface area contributed by atoms with Gasteiger partial charge in [-0.05, 0) is 51.4 Å². The van der Waals surface area contributed by atoms with Crippen molar-refractivity contribution in [2.24, 2.45) is 0 Å². The summed E-state index contributed by atoms with van der Waals surface area (Å²) in [5.74, 6) is -0.316. The average molecular weight is 813 g/mol. The molecule has 8 nitrogen and oxygen atoms in total. The molecule has 2 atom stereocenters. The Kier molecular flexibility index (Phi) is 39.6. The minimum atomic E-state index is -4.28. The van der Waals surface area contributed by atoms with Crippen molar-refractivity contribution in [1.29, 1.82) is 0 Å². The fourth-order valence-electron chi connectivity index (χ4n) is 6.32. The van der Waals surface area contributed by atoms with E-state index in [1.807, 2.05) is 21.1 Å². The Morgan fingerprint density at radius 2 is 0.982 bits per heavy atom. The van der Waals surface area contributed by atoms with Gasteiger partial charge in [0.15, 0.2) is 0 Å². The van der Waals surface area contributed by atoms with Gasteiger partial charge in [-0.1, -0.05) is 179 Å². The minimum Gasteiger partial charge on any atom is -0.457 e. The molecule has 0 spiro atoms. The Labute approximate surface area is 346 Å². The molecule has 0 radical (unpaired) electrons. The molecule has 0 aliphatic carbocycles. The second kappa shape index (κ2) is 40.5. The van der Waals surface area contributed by atoms with Crippen molar-refractivity contribution in [1.82, 2.24) is 0 Å². The number of nitrogens with zero attached hydrogens (tertiary/aromatic N) is 1. The molecule has 0 saturated carbocycles. The smallest absolute Gasteiger partial charge is 0.457 e. The Balaban J connectivity index is 4.20. The van der Waals surface area contributed by atoms with Crippen LogP contribution in [0.1, 0.15) is 200 Å². The number of allylic oxidation sites excluding steroid dienone is 6. The van der Waals surface area contributed by atoms with Crippen LogP contribution in [0.5, 0.6) is 0 Å². The van der Waals surface area contributed by atoms with Gasteiger partial charge in [0.2, 0.25) is 0 Å². The molecule has 0 fully saturated rings. The van der Waals surface area contributed by atoms with Crippen LogP contribution in [0.4, 0.5) is 0 Å². The highest BCUT2D eigenvalue weighted by atomic mass is 31.2. The molecule has 0 aliphatic heterocycles. The van der Waals surface area contributed by atoms with Crippen molar-refractivity contribution < 1.29 is 37.3 Å². The van der Waals surface area contributed by atoms with Crippen molar-refractivity contribution in [2.45, 2.75) is 206 Å². The summed E-state index contributed by atoms with van der Waals surface area (Å²) >= 11 is 0. The predicted molar refractivity (Wildman–Crippen MR) is 238 cm³/mol. The number of rotatable bonds is 43. The number of likely N-dealkylation sites (N-methyl/N-ethyl adjacent to an activating group) is 1. The zero-order chi connectivity index (χ0) is 41.3. The van der Waals surface area contributed by atoms with Crippen LogP contribution in [-0.2, 0) is 27.9 Å². The largest absolute Gasteiger partial charge is 0.472 e. The standard InChI is InChI=1S/C47H90NO7P/c1-6-8-10-12-14-16-18-20-22-23-24-25-26-27-29-31-33-35-37-39-42-52-44-46(45-54-56(50,51)53-43-41-48(3,4)5)55-47(49)40-38-36-34-32-30-28-21-19-17-15-13-11-9-7-2/h14,16,20,22,24-25,46H,6-13,15,17-19,21,23,26-45H2,1-5H3/p+1/b16-14-,22-20-,25-24-. The second-order valence-electron chi connectivity index (χ2n) is 16.8. The van der Waals surface area contributed by atoms with Gasteiger partial charge in [0.1, 0.15) is 19.3 Å². The molecule has 1 N–H and O–H groups in total. The molecule has 0 aliphatic rings. The molecule has 2 unspecified atom stereocenters. The SMILES string of the molecule is CCCCC/C=C\C/C=C\C/C=C\CCCCCCCCCOCC(COP(=O)(O)OCC[N+](C)(C)C)OC(=O)CCCCCCCCCCCCCCCC. The van der Waals surface area contributed by atoms with Gasteiger partial charge in [-0.15, -0.1) is 0 Å². The number of unbranched alkanes of at least 4 members (excludes halogenated alkanes) is 23. The Morgan fingerprint density at radius 3 is 1.50 bits per heavy atom. The predicted octanol–water partition coefficient (Wildman–Crippen LogP) is 13.8. The van der Waals surface area contributed by atoms with Gasteiger partial charge in [-0.3, -0.25) is 13.8 Å². The van der Waals surface area contributed by atoms with Crippen molar-refractivity contribution in [3.63, 3.8) is 0 Å². The molecule has 0 heterocycles. The zero-order valence-corrected chi connectivity index (χ0v) is 38.3. The number of esters is 1. The number of ether oxygens (including phenoxy) is 2. The molecule has 0 aromatic heterocycles. The van der Waals surface area contributed by atoms with E-state index in [0.29, 0.717) is 24.1 Å². The third-order valence-corrected chi connectivity index (χ3v) is 10.9. The summed E-state index contributed by atoms with van der Waals surface area (Å²) in [4.78, 5) is 22.9. The number of hydrogen-bond acceptors (Lipinski definition) is 6. The Bertz CT molecular complexity index is 994. The second-order valence-corrected chi connectivity index (χ2v) is 18.2. The van der Waals surface area contributed by atoms with Crippen molar-refractivity contribution in [2.75, 3.05) is 54.1 Å². The van der Waals surface area contributed by atoms with Gasteiger partial charge in [0, 0.05) is 13.0 Å². The van der Waals surface area contributed by atoms with Gasteiger partial charge >= 0.3 is 13.8 Å². The number of phosphoric ester groups is 1. The molecular weight excluding hydrogens is 721 g/mol. The maximum atomic E-state index is 12.7. The van der Waals surface area contributed by atoms with Gasteiger partial charge in [0.05, 0.1) is 34.4 Å². The first-order valence-electron chi connectivity index (χ1n) is 23.2. The number of hydrogen-bond donors (Lipinski definition) is 1. The molecule has 0 amide bonds. The summed E-state index contributed by atoms with van der Waals surface area (Å²) in [6.07, 6.45) is 47.4. The van der Waals surface area contributed by atoms with E-state index < -0.39 is 13.9 Å². The molecule has 0 saturated heterocycles. The fraction of sp³-hybridized carbons (Fsp3) is 0.851. The molecule has 0 aromatic rings. The number of quaternary nitrogens is 1. The summed E-state index contributed by atoms with van der Waals surface area (Å²) in [7, 11) is 1.66. The lowest BCUT2D eigenvalue weighted by molar-refractivity contribution is -0.870. The van der Waals surface area contributed by atoms with Gasteiger partial charge < -0.3 is 18.9 Å². The van der Waals surface area contributed by atoms with Crippen LogP contribution in [0.3, 0.4) is 0 Å². The van der Waals surface area contributed by atoms with E-state index in [0.717, 1.165) is 51.4 Å². The first kappa shape index (κ1) is 54.7. The Morgan fingerprint density at radius 1 is 0.554 bits per heavy atom. The summed E-state index contributed by atoms with van der Waals surface area (Å²) in [6.45, 7) is 5.59. The first-order chi connectivity index (χ1) is 27.1. The first-order valence-corrected chi connectivity index (χ1v) is 24.7. The lowest BCUT2D eigenvalue weighted by Gasteiger charge is -2.24. The van der Waals surface area contributed by atoms with Crippen LogP contribution in [0.2, 0.25) is 0 Å². The fourth-order valence-corrected chi connectivity index (χ4v) is 7.07. The average Bonchev–Trinajstić information content (AvgIpc) is 3.15. The van der Waals surface area contributed by atoms with Crippen LogP contribution in [0, 0.1) is 0 Å². The van der Waals surface area contributed by atoms with Crippen LogP contribution < -0.4 is 0 Å². The Hall–Kier alpha value is -1.28. The zero-order valence-electron chi connectivity index (χ0n) is 37.4. The van der Waals surface area contributed by atoms with E-state index in [-0.39, 0.29) is 25.8 Å². The summed E-state index contributed by atoms with van der Waals surface area (Å²) in [5, 5.41) is 0. The topological polar surface area (TPSA) is 91.3 Å². The van der Waals surface area contributed by atoms with E-state index in [1.165, 1.54) is 128 Å². The highest BCUT2D eigenvalue weighted by Crippen LogP contribution is 2.43. The molecule has 0 bridgehead atoms. The van der Waals surface area contributed by atoms with Crippen LogP contribution in [-0.4, -0.2) is 75.6 Å². The molecule has 9 heteroatoms. The normalized spacial score (nSPS) is 14.0. The number of carbonyl (C=O) groups is 1. The highest BCUT2D eigenvalue weighted by Gasteiger charge is 2.26. The van der Waals surface area contributed by atoms with E-state index >= 15 is 0 Å². The van der Waals surface area contributed by atoms with Crippen molar-refractivity contribution >= 4 is 13.8 Å². The molecule has 56 heavy (non-hydrogen) atoms.